The molecule has 0 saturated heterocycles. The molecule has 84 valence electrons. The molecule has 2 aromatic heterocycles. The number of hydrogen-bond acceptors (Lipinski definition) is 4. The summed E-state index contributed by atoms with van der Waals surface area (Å²) in [6, 6.07) is 2.00. The molecule has 0 radical (unpaired) electrons. The molecule has 0 aliphatic rings. The number of rotatable bonds is 3. The van der Waals surface area contributed by atoms with Crippen LogP contribution < -0.4 is 5.73 Å². The maximum Gasteiger partial charge on any atom is 0.162 e. The van der Waals surface area contributed by atoms with Crippen molar-refractivity contribution in [3.05, 3.63) is 27.0 Å². The van der Waals surface area contributed by atoms with Crippen LogP contribution in [-0.2, 0) is 6.42 Å². The van der Waals surface area contributed by atoms with E-state index in [0.717, 1.165) is 28.6 Å². The molecule has 0 saturated carbocycles. The number of aryl methyl sites for hydroxylation is 1. The molecule has 3 nitrogen and oxygen atoms in total. The number of nitrogen functional groups attached to an aromatic ring is 1. The molecule has 5 heteroatoms. The van der Waals surface area contributed by atoms with Crippen LogP contribution in [0, 0.1) is 0 Å². The van der Waals surface area contributed by atoms with E-state index < -0.39 is 0 Å². The summed E-state index contributed by atoms with van der Waals surface area (Å²) in [5.74, 6) is 1.23. The van der Waals surface area contributed by atoms with Crippen molar-refractivity contribution in [3.8, 4) is 11.4 Å². The van der Waals surface area contributed by atoms with E-state index in [9.17, 15) is 0 Å². The molecule has 0 aromatic carbocycles. The van der Waals surface area contributed by atoms with Gasteiger partial charge in [-0.3, -0.25) is 0 Å². The zero-order valence-electron chi connectivity index (χ0n) is 8.90. The maximum atomic E-state index is 5.86. The van der Waals surface area contributed by atoms with Crippen molar-refractivity contribution in [3.63, 3.8) is 0 Å². The lowest BCUT2D eigenvalue weighted by Gasteiger charge is -2.07. The lowest BCUT2D eigenvalue weighted by molar-refractivity contribution is 0.870. The number of halogens is 1. The summed E-state index contributed by atoms with van der Waals surface area (Å²) in [4.78, 5) is 8.82. The lowest BCUT2D eigenvalue weighted by atomic mass is 10.2. The monoisotopic (exact) mass is 297 g/mol. The fraction of sp³-hybridized carbons (Fsp3) is 0.273. The molecule has 0 spiro atoms. The predicted octanol–water partition coefficient (Wildman–Crippen LogP) is 3.50. The number of nitrogens with two attached hydrogens (primary N) is 1. The standard InChI is InChI=1S/C11H12BrN3S/c1-2-3-8-9(12)10(13)15-11(14-8)7-4-5-16-6-7/h4-6H,2-3H2,1H3,(H2,13,14,15). The lowest BCUT2D eigenvalue weighted by Crippen LogP contribution is -2.02. The first-order valence-corrected chi connectivity index (χ1v) is 6.80. The van der Waals surface area contributed by atoms with Gasteiger partial charge in [0.2, 0.25) is 0 Å². The maximum absolute atomic E-state index is 5.86. The predicted molar refractivity (Wildman–Crippen MR) is 71.5 cm³/mol. The van der Waals surface area contributed by atoms with Gasteiger partial charge >= 0.3 is 0 Å². The number of nitrogens with zero attached hydrogens (tertiary/aromatic N) is 2. The molecule has 0 aliphatic heterocycles. The number of aromatic nitrogens is 2. The fourth-order valence-corrected chi connectivity index (χ4v) is 2.45. The molecule has 2 N–H and O–H groups in total. The van der Waals surface area contributed by atoms with E-state index in [4.69, 9.17) is 5.73 Å². The van der Waals surface area contributed by atoms with Crippen LogP contribution in [-0.4, -0.2) is 9.97 Å². The first kappa shape index (κ1) is 11.5. The van der Waals surface area contributed by atoms with Crippen molar-refractivity contribution in [2.24, 2.45) is 0 Å². The molecule has 0 unspecified atom stereocenters. The van der Waals surface area contributed by atoms with E-state index in [0.29, 0.717) is 11.6 Å². The minimum Gasteiger partial charge on any atom is -0.383 e. The normalized spacial score (nSPS) is 10.6. The SMILES string of the molecule is CCCc1nc(-c2ccsc2)nc(N)c1Br. The van der Waals surface area contributed by atoms with Crippen LogP contribution in [0.5, 0.6) is 0 Å². The Labute approximate surface area is 107 Å². The van der Waals surface area contributed by atoms with Gasteiger partial charge < -0.3 is 5.73 Å². The minimum absolute atomic E-state index is 0.514. The van der Waals surface area contributed by atoms with Crippen molar-refractivity contribution < 1.29 is 0 Å². The largest absolute Gasteiger partial charge is 0.383 e. The summed E-state index contributed by atoms with van der Waals surface area (Å²) < 4.78 is 0.827. The van der Waals surface area contributed by atoms with Gasteiger partial charge in [-0.2, -0.15) is 11.3 Å². The average Bonchev–Trinajstić information content (AvgIpc) is 2.78. The second-order valence-corrected chi connectivity index (χ2v) is 5.03. The van der Waals surface area contributed by atoms with Gasteiger partial charge in [0, 0.05) is 10.9 Å². The smallest absolute Gasteiger partial charge is 0.162 e. The van der Waals surface area contributed by atoms with Crippen LogP contribution in [0.15, 0.2) is 21.3 Å². The Morgan fingerprint density at radius 3 is 2.88 bits per heavy atom. The van der Waals surface area contributed by atoms with E-state index >= 15 is 0 Å². The number of hydrogen-bond donors (Lipinski definition) is 1. The highest BCUT2D eigenvalue weighted by molar-refractivity contribution is 9.10. The first-order chi connectivity index (χ1) is 7.72. The van der Waals surface area contributed by atoms with Crippen molar-refractivity contribution in [2.45, 2.75) is 19.8 Å². The van der Waals surface area contributed by atoms with Crippen molar-refractivity contribution in [1.82, 2.24) is 9.97 Å². The highest BCUT2D eigenvalue weighted by Gasteiger charge is 2.10. The van der Waals surface area contributed by atoms with Crippen molar-refractivity contribution >= 4 is 33.1 Å². The Kier molecular flexibility index (Phi) is 3.56. The molecule has 0 amide bonds. The third-order valence-corrected chi connectivity index (χ3v) is 3.76. The Bertz CT molecular complexity index is 482. The third kappa shape index (κ3) is 2.25. The summed E-state index contributed by atoms with van der Waals surface area (Å²) in [6.45, 7) is 2.12. The zero-order chi connectivity index (χ0) is 11.5. The quantitative estimate of drug-likeness (QED) is 0.943. The van der Waals surface area contributed by atoms with Gasteiger partial charge in [-0.1, -0.05) is 13.3 Å². The van der Waals surface area contributed by atoms with Crippen LogP contribution in [0.3, 0.4) is 0 Å². The van der Waals surface area contributed by atoms with E-state index in [1.165, 1.54) is 0 Å². The molecule has 2 aromatic rings. The van der Waals surface area contributed by atoms with Crippen molar-refractivity contribution in [2.75, 3.05) is 5.73 Å². The Morgan fingerprint density at radius 1 is 1.44 bits per heavy atom. The molecule has 0 aliphatic carbocycles. The molecular formula is C11H12BrN3S. The molecule has 0 bridgehead atoms. The molecule has 0 atom stereocenters. The molecule has 0 fully saturated rings. The van der Waals surface area contributed by atoms with Crippen LogP contribution in [0.2, 0.25) is 0 Å². The molecule has 2 rings (SSSR count). The summed E-state index contributed by atoms with van der Waals surface area (Å²) in [7, 11) is 0. The number of anilines is 1. The Balaban J connectivity index is 2.48. The highest BCUT2D eigenvalue weighted by atomic mass is 79.9. The van der Waals surface area contributed by atoms with Crippen LogP contribution in [0.25, 0.3) is 11.4 Å². The molecule has 2 heterocycles. The summed E-state index contributed by atoms with van der Waals surface area (Å²) in [5, 5.41) is 4.04. The zero-order valence-corrected chi connectivity index (χ0v) is 11.3. The van der Waals surface area contributed by atoms with Crippen LogP contribution >= 0.6 is 27.3 Å². The second-order valence-electron chi connectivity index (χ2n) is 3.46. The van der Waals surface area contributed by atoms with Gasteiger partial charge in [0.05, 0.1) is 10.2 Å². The van der Waals surface area contributed by atoms with Gasteiger partial charge in [-0.25, -0.2) is 9.97 Å². The van der Waals surface area contributed by atoms with Gasteiger partial charge in [0.1, 0.15) is 5.82 Å². The van der Waals surface area contributed by atoms with Crippen LogP contribution in [0.4, 0.5) is 5.82 Å². The van der Waals surface area contributed by atoms with E-state index in [1.54, 1.807) is 11.3 Å². The first-order valence-electron chi connectivity index (χ1n) is 5.06. The highest BCUT2D eigenvalue weighted by Crippen LogP contribution is 2.26. The number of thiophene rings is 1. The van der Waals surface area contributed by atoms with E-state index in [1.807, 2.05) is 16.8 Å². The second kappa shape index (κ2) is 4.93. The van der Waals surface area contributed by atoms with E-state index in [2.05, 4.69) is 32.8 Å². The van der Waals surface area contributed by atoms with Gasteiger partial charge in [-0.05, 0) is 33.8 Å². The Hall–Kier alpha value is -0.940. The van der Waals surface area contributed by atoms with Gasteiger partial charge in [0.25, 0.3) is 0 Å². The van der Waals surface area contributed by atoms with Crippen molar-refractivity contribution in [1.29, 1.82) is 0 Å². The third-order valence-electron chi connectivity index (χ3n) is 2.21. The van der Waals surface area contributed by atoms with Gasteiger partial charge in [0.15, 0.2) is 5.82 Å². The Morgan fingerprint density at radius 2 is 2.25 bits per heavy atom. The fourth-order valence-electron chi connectivity index (χ4n) is 1.44. The topological polar surface area (TPSA) is 51.8 Å². The average molecular weight is 298 g/mol. The minimum atomic E-state index is 0.514. The van der Waals surface area contributed by atoms with Crippen LogP contribution in [0.1, 0.15) is 19.0 Å². The molecule has 16 heavy (non-hydrogen) atoms. The molecular weight excluding hydrogens is 286 g/mol. The van der Waals surface area contributed by atoms with E-state index in [-0.39, 0.29) is 0 Å². The summed E-state index contributed by atoms with van der Waals surface area (Å²) in [5.41, 5.74) is 7.88. The van der Waals surface area contributed by atoms with Gasteiger partial charge in [-0.15, -0.1) is 0 Å². The summed E-state index contributed by atoms with van der Waals surface area (Å²) in [6.07, 6.45) is 1.95. The summed E-state index contributed by atoms with van der Waals surface area (Å²) >= 11 is 5.06.